The molecular formula is C22H37N7O7. The first-order valence-electron chi connectivity index (χ1n) is 11.7. The fourth-order valence-corrected chi connectivity index (χ4v) is 3.37. The molecule has 202 valence electrons. The van der Waals surface area contributed by atoms with Crippen LogP contribution in [0.25, 0.3) is 0 Å². The lowest BCUT2D eigenvalue weighted by Gasteiger charge is -2.25. The normalized spacial score (nSPS) is 14.4. The monoisotopic (exact) mass is 511 g/mol. The molecule has 4 atom stereocenters. The lowest BCUT2D eigenvalue weighted by atomic mass is 10.0. The Hall–Kier alpha value is -3.52. The Bertz CT molecular complexity index is 876. The van der Waals surface area contributed by atoms with Crippen LogP contribution >= 0.6 is 0 Å². The van der Waals surface area contributed by atoms with Crippen LogP contribution in [-0.2, 0) is 30.4 Å². The third kappa shape index (κ3) is 11.3. The maximum atomic E-state index is 13.0. The molecule has 0 radical (unpaired) electrons. The highest BCUT2D eigenvalue weighted by Gasteiger charge is 2.32. The summed E-state index contributed by atoms with van der Waals surface area (Å²) >= 11 is 0. The van der Waals surface area contributed by atoms with Crippen molar-refractivity contribution < 1.29 is 34.2 Å². The summed E-state index contributed by atoms with van der Waals surface area (Å²) in [5.74, 6) is -5.06. The predicted molar refractivity (Wildman–Crippen MR) is 128 cm³/mol. The molecule has 0 saturated carbocycles. The lowest BCUT2D eigenvalue weighted by Crippen LogP contribution is -2.58. The van der Waals surface area contributed by atoms with Gasteiger partial charge in [-0.2, -0.15) is 0 Å². The Morgan fingerprint density at radius 3 is 2.11 bits per heavy atom. The number of carbonyl (C=O) groups excluding carboxylic acids is 3. The SMILES string of the molecule is CC(C)CC(NC(=O)C(Cc1cnc[nH]1)NC(=O)C(CC(=O)O)NC(=O)C(N)CCCCN)C(=O)O. The van der Waals surface area contributed by atoms with Crippen molar-refractivity contribution in [1.29, 1.82) is 0 Å². The molecule has 4 unspecified atom stereocenters. The molecule has 1 rings (SSSR count). The fraction of sp³-hybridized carbons (Fsp3) is 0.636. The van der Waals surface area contributed by atoms with Crippen LogP contribution in [0, 0.1) is 5.92 Å². The summed E-state index contributed by atoms with van der Waals surface area (Å²) in [5.41, 5.74) is 11.7. The summed E-state index contributed by atoms with van der Waals surface area (Å²) in [7, 11) is 0. The van der Waals surface area contributed by atoms with Gasteiger partial charge in [0.1, 0.15) is 18.1 Å². The molecule has 0 aromatic carbocycles. The highest BCUT2D eigenvalue weighted by molar-refractivity contribution is 5.95. The Morgan fingerprint density at radius 1 is 0.972 bits per heavy atom. The van der Waals surface area contributed by atoms with Crippen molar-refractivity contribution in [2.45, 2.75) is 76.5 Å². The number of aliphatic carboxylic acids is 2. The smallest absolute Gasteiger partial charge is 0.326 e. The van der Waals surface area contributed by atoms with Gasteiger partial charge in [0.2, 0.25) is 17.7 Å². The zero-order valence-electron chi connectivity index (χ0n) is 20.5. The highest BCUT2D eigenvalue weighted by atomic mass is 16.4. The minimum atomic E-state index is -1.52. The average Bonchev–Trinajstić information content (AvgIpc) is 3.30. The zero-order chi connectivity index (χ0) is 27.3. The van der Waals surface area contributed by atoms with Crippen molar-refractivity contribution >= 4 is 29.7 Å². The number of imidazole rings is 1. The van der Waals surface area contributed by atoms with Gasteiger partial charge in [-0.3, -0.25) is 19.2 Å². The Kier molecular flexibility index (Phi) is 13.1. The number of rotatable bonds is 17. The molecule has 1 aromatic heterocycles. The van der Waals surface area contributed by atoms with Crippen molar-refractivity contribution in [3.05, 3.63) is 18.2 Å². The van der Waals surface area contributed by atoms with Gasteiger partial charge in [-0.25, -0.2) is 9.78 Å². The molecule has 14 heteroatoms. The van der Waals surface area contributed by atoms with Crippen LogP contribution < -0.4 is 27.4 Å². The second-order valence-electron chi connectivity index (χ2n) is 8.92. The summed E-state index contributed by atoms with van der Waals surface area (Å²) in [6.07, 6.45) is 3.63. The van der Waals surface area contributed by atoms with E-state index >= 15 is 0 Å². The van der Waals surface area contributed by atoms with Gasteiger partial charge >= 0.3 is 11.9 Å². The number of amides is 3. The highest BCUT2D eigenvalue weighted by Crippen LogP contribution is 2.08. The molecule has 3 amide bonds. The number of nitrogens with one attached hydrogen (secondary N) is 4. The molecule has 10 N–H and O–H groups in total. The minimum Gasteiger partial charge on any atom is -0.481 e. The second-order valence-corrected chi connectivity index (χ2v) is 8.92. The number of aromatic nitrogens is 2. The number of unbranched alkanes of at least 4 members (excludes halogenated alkanes) is 1. The van der Waals surface area contributed by atoms with Gasteiger partial charge in [-0.15, -0.1) is 0 Å². The van der Waals surface area contributed by atoms with Gasteiger partial charge in [0, 0.05) is 18.3 Å². The van der Waals surface area contributed by atoms with E-state index in [0.29, 0.717) is 31.5 Å². The largest absolute Gasteiger partial charge is 0.481 e. The van der Waals surface area contributed by atoms with Gasteiger partial charge < -0.3 is 42.6 Å². The molecule has 36 heavy (non-hydrogen) atoms. The second kappa shape index (κ2) is 15.5. The number of carbonyl (C=O) groups is 5. The molecule has 1 aromatic rings. The number of aromatic amines is 1. The van der Waals surface area contributed by atoms with Gasteiger partial charge in [0.05, 0.1) is 18.8 Å². The number of nitrogens with two attached hydrogens (primary N) is 2. The molecular weight excluding hydrogens is 474 g/mol. The third-order valence-electron chi connectivity index (χ3n) is 5.25. The number of hydrogen-bond donors (Lipinski definition) is 8. The molecule has 0 spiro atoms. The molecule has 0 aliphatic carbocycles. The van der Waals surface area contributed by atoms with E-state index in [1.54, 1.807) is 13.8 Å². The van der Waals surface area contributed by atoms with Crippen molar-refractivity contribution in [1.82, 2.24) is 25.9 Å². The average molecular weight is 512 g/mol. The van der Waals surface area contributed by atoms with E-state index in [0.717, 1.165) is 0 Å². The van der Waals surface area contributed by atoms with Crippen LogP contribution in [0.15, 0.2) is 12.5 Å². The standard InChI is InChI=1S/C22H37N7O7/c1-12(2)7-17(22(35)36)29-20(33)15(8-13-10-25-11-26-13)28-21(34)16(9-18(30)31)27-19(32)14(24)5-3-4-6-23/h10-12,14-17H,3-9,23-24H2,1-2H3,(H,25,26)(H,27,32)(H,28,34)(H,29,33)(H,30,31)(H,35,36). The van der Waals surface area contributed by atoms with Crippen LogP contribution in [0.3, 0.4) is 0 Å². The van der Waals surface area contributed by atoms with E-state index in [1.165, 1.54) is 12.5 Å². The first-order chi connectivity index (χ1) is 16.9. The van der Waals surface area contributed by atoms with E-state index in [4.69, 9.17) is 11.5 Å². The maximum Gasteiger partial charge on any atom is 0.326 e. The Morgan fingerprint density at radius 2 is 1.58 bits per heavy atom. The zero-order valence-corrected chi connectivity index (χ0v) is 20.5. The van der Waals surface area contributed by atoms with Gasteiger partial charge in [0.15, 0.2) is 0 Å². The molecule has 0 aliphatic heterocycles. The summed E-state index contributed by atoms with van der Waals surface area (Å²) < 4.78 is 0. The molecule has 14 nitrogen and oxygen atoms in total. The Labute approximate surface area is 209 Å². The summed E-state index contributed by atoms with van der Waals surface area (Å²) in [5, 5.41) is 25.9. The van der Waals surface area contributed by atoms with E-state index in [1.807, 2.05) is 0 Å². The van der Waals surface area contributed by atoms with E-state index in [-0.39, 0.29) is 18.8 Å². The van der Waals surface area contributed by atoms with Crippen LogP contribution in [0.5, 0.6) is 0 Å². The van der Waals surface area contributed by atoms with Crippen molar-refractivity contribution in [3.63, 3.8) is 0 Å². The maximum absolute atomic E-state index is 13.0. The minimum absolute atomic E-state index is 0.0312. The number of nitrogens with zero attached hydrogens (tertiary/aromatic N) is 1. The summed E-state index contributed by atoms with van der Waals surface area (Å²) in [6, 6.07) is -4.96. The summed E-state index contributed by atoms with van der Waals surface area (Å²) in [4.78, 5) is 67.9. The fourth-order valence-electron chi connectivity index (χ4n) is 3.37. The molecule has 0 bridgehead atoms. The van der Waals surface area contributed by atoms with E-state index < -0.39 is 60.2 Å². The predicted octanol–water partition coefficient (Wildman–Crippen LogP) is -1.53. The number of carboxylic acid groups (broad SMARTS) is 2. The summed E-state index contributed by atoms with van der Waals surface area (Å²) in [6.45, 7) is 4.02. The first kappa shape index (κ1) is 30.5. The molecule has 0 saturated heterocycles. The molecule has 0 aliphatic rings. The van der Waals surface area contributed by atoms with Gasteiger partial charge in [-0.05, 0) is 31.7 Å². The molecule has 0 fully saturated rings. The topological polar surface area (TPSA) is 243 Å². The van der Waals surface area contributed by atoms with Crippen LogP contribution in [0.4, 0.5) is 0 Å². The van der Waals surface area contributed by atoms with Crippen LogP contribution in [-0.4, -0.2) is 80.6 Å². The van der Waals surface area contributed by atoms with Crippen molar-refractivity contribution in [2.24, 2.45) is 17.4 Å². The van der Waals surface area contributed by atoms with Gasteiger partial charge in [-0.1, -0.05) is 20.3 Å². The quantitative estimate of drug-likeness (QED) is 0.112. The van der Waals surface area contributed by atoms with E-state index in [9.17, 15) is 34.2 Å². The molecule has 1 heterocycles. The van der Waals surface area contributed by atoms with Crippen LogP contribution in [0.1, 0.15) is 51.6 Å². The first-order valence-corrected chi connectivity index (χ1v) is 11.7. The van der Waals surface area contributed by atoms with Gasteiger partial charge in [0.25, 0.3) is 0 Å². The van der Waals surface area contributed by atoms with Crippen molar-refractivity contribution in [2.75, 3.05) is 6.54 Å². The number of H-pyrrole nitrogens is 1. The number of carboxylic acids is 2. The lowest BCUT2D eigenvalue weighted by molar-refractivity contribution is -0.143. The number of hydrogen-bond acceptors (Lipinski definition) is 8. The Balaban J connectivity index is 3.02. The van der Waals surface area contributed by atoms with Crippen molar-refractivity contribution in [3.8, 4) is 0 Å². The van der Waals surface area contributed by atoms with E-state index in [2.05, 4.69) is 25.9 Å². The van der Waals surface area contributed by atoms with Crippen LogP contribution in [0.2, 0.25) is 0 Å². The third-order valence-corrected chi connectivity index (χ3v) is 5.25.